The summed E-state index contributed by atoms with van der Waals surface area (Å²) in [5.41, 5.74) is 4.31. The second-order valence-corrected chi connectivity index (χ2v) is 10.6. The summed E-state index contributed by atoms with van der Waals surface area (Å²) in [5, 5.41) is 18.1. The van der Waals surface area contributed by atoms with Gasteiger partial charge in [-0.25, -0.2) is 9.48 Å². The summed E-state index contributed by atoms with van der Waals surface area (Å²) in [7, 11) is 0. The van der Waals surface area contributed by atoms with E-state index in [0.717, 1.165) is 54.4 Å². The van der Waals surface area contributed by atoms with E-state index in [1.165, 1.54) is 34.4 Å². The predicted molar refractivity (Wildman–Crippen MR) is 155 cm³/mol. The standard InChI is InChI=1S/C29H34N6O2S/c36-29(37)34-19-17-33(18-20-34)24-8-6-23(7-9-24)30-13-3-1-2-4-21-38-28-12-15-31-27-22-25(10-11-26(27)28)35-16-5-14-32-35/h5-12,14-16,22,30H,1-4,13,17-21H2,(H,36,37). The van der Waals surface area contributed by atoms with Crippen LogP contribution in [0.15, 0.2) is 78.1 Å². The fourth-order valence-electron chi connectivity index (χ4n) is 4.74. The lowest BCUT2D eigenvalue weighted by atomic mass is 10.2. The molecule has 38 heavy (non-hydrogen) atoms. The first kappa shape index (κ1) is 25.9. The molecule has 0 unspecified atom stereocenters. The van der Waals surface area contributed by atoms with E-state index < -0.39 is 6.09 Å². The molecule has 0 spiro atoms. The van der Waals surface area contributed by atoms with Crippen LogP contribution in [-0.2, 0) is 0 Å². The van der Waals surface area contributed by atoms with E-state index in [0.29, 0.717) is 13.1 Å². The molecule has 0 bridgehead atoms. The maximum atomic E-state index is 11.1. The number of carboxylic acid groups (broad SMARTS) is 1. The number of unbranched alkanes of at least 4 members (excludes halogenated alkanes) is 3. The van der Waals surface area contributed by atoms with Crippen LogP contribution in [0.1, 0.15) is 25.7 Å². The predicted octanol–water partition coefficient (Wildman–Crippen LogP) is 5.99. The second-order valence-electron chi connectivity index (χ2n) is 9.45. The summed E-state index contributed by atoms with van der Waals surface area (Å²) in [6.45, 7) is 3.56. The van der Waals surface area contributed by atoms with E-state index in [9.17, 15) is 4.79 Å². The van der Waals surface area contributed by atoms with E-state index in [1.807, 2.05) is 34.9 Å². The topological polar surface area (TPSA) is 86.5 Å². The van der Waals surface area contributed by atoms with Crippen LogP contribution >= 0.6 is 11.8 Å². The lowest BCUT2D eigenvalue weighted by molar-refractivity contribution is 0.142. The van der Waals surface area contributed by atoms with Gasteiger partial charge in [-0.15, -0.1) is 11.8 Å². The number of nitrogens with zero attached hydrogens (tertiary/aromatic N) is 5. The number of anilines is 2. The van der Waals surface area contributed by atoms with Gasteiger partial charge in [-0.2, -0.15) is 5.10 Å². The van der Waals surface area contributed by atoms with Gasteiger partial charge in [0.15, 0.2) is 0 Å². The molecule has 3 heterocycles. The molecule has 5 rings (SSSR count). The second kappa shape index (κ2) is 12.7. The third kappa shape index (κ3) is 6.58. The Morgan fingerprint density at radius 1 is 0.921 bits per heavy atom. The van der Waals surface area contributed by atoms with Crippen molar-refractivity contribution in [1.29, 1.82) is 0 Å². The zero-order valence-corrected chi connectivity index (χ0v) is 22.3. The van der Waals surface area contributed by atoms with E-state index in [4.69, 9.17) is 5.11 Å². The number of aromatic nitrogens is 3. The number of fused-ring (bicyclic) bond motifs is 1. The molecule has 2 aromatic carbocycles. The Labute approximate surface area is 227 Å². The fourth-order valence-corrected chi connectivity index (χ4v) is 5.80. The highest BCUT2D eigenvalue weighted by molar-refractivity contribution is 7.99. The van der Waals surface area contributed by atoms with Crippen molar-refractivity contribution in [1.82, 2.24) is 19.7 Å². The quantitative estimate of drug-likeness (QED) is 0.182. The lowest BCUT2D eigenvalue weighted by Crippen LogP contribution is -2.48. The number of piperazine rings is 1. The largest absolute Gasteiger partial charge is 0.465 e. The Bertz CT molecular complexity index is 1320. The molecule has 2 N–H and O–H groups in total. The van der Waals surface area contributed by atoms with Gasteiger partial charge in [0.25, 0.3) is 0 Å². The Morgan fingerprint density at radius 2 is 1.71 bits per heavy atom. The first-order valence-electron chi connectivity index (χ1n) is 13.3. The van der Waals surface area contributed by atoms with Gasteiger partial charge in [-0.3, -0.25) is 4.98 Å². The van der Waals surface area contributed by atoms with Crippen LogP contribution < -0.4 is 10.2 Å². The molecule has 1 aliphatic heterocycles. The molecule has 8 nitrogen and oxygen atoms in total. The first-order valence-corrected chi connectivity index (χ1v) is 14.2. The van der Waals surface area contributed by atoms with Crippen LogP contribution in [0.4, 0.5) is 16.2 Å². The van der Waals surface area contributed by atoms with Gasteiger partial charge in [-0.1, -0.05) is 12.8 Å². The highest BCUT2D eigenvalue weighted by atomic mass is 32.2. The van der Waals surface area contributed by atoms with E-state index in [1.54, 1.807) is 6.20 Å². The summed E-state index contributed by atoms with van der Waals surface area (Å²) in [5.74, 6) is 1.11. The van der Waals surface area contributed by atoms with Crippen molar-refractivity contribution < 1.29 is 9.90 Å². The highest BCUT2D eigenvalue weighted by Gasteiger charge is 2.20. The third-order valence-corrected chi connectivity index (χ3v) is 8.06. The minimum absolute atomic E-state index is 0.556. The van der Waals surface area contributed by atoms with Crippen LogP contribution in [0.5, 0.6) is 0 Å². The van der Waals surface area contributed by atoms with Gasteiger partial charge in [0.2, 0.25) is 0 Å². The molecule has 2 aromatic heterocycles. The van der Waals surface area contributed by atoms with Crippen molar-refractivity contribution in [3.05, 3.63) is 73.2 Å². The van der Waals surface area contributed by atoms with Crippen molar-refractivity contribution in [3.63, 3.8) is 0 Å². The van der Waals surface area contributed by atoms with Crippen LogP contribution in [0.25, 0.3) is 16.6 Å². The molecular weight excluding hydrogens is 496 g/mol. The van der Waals surface area contributed by atoms with Gasteiger partial charge in [0.05, 0.1) is 11.2 Å². The normalized spacial score (nSPS) is 13.7. The molecule has 1 saturated heterocycles. The molecule has 0 saturated carbocycles. The van der Waals surface area contributed by atoms with Crippen molar-refractivity contribution in [2.45, 2.75) is 30.6 Å². The number of benzene rings is 2. The average molecular weight is 531 g/mol. The highest BCUT2D eigenvalue weighted by Crippen LogP contribution is 2.29. The molecule has 0 aliphatic carbocycles. The van der Waals surface area contributed by atoms with Gasteiger partial charge in [0, 0.05) is 73.0 Å². The monoisotopic (exact) mass is 530 g/mol. The molecular formula is C29H34N6O2S. The Kier molecular flexibility index (Phi) is 8.65. The van der Waals surface area contributed by atoms with E-state index in [-0.39, 0.29) is 0 Å². The maximum absolute atomic E-state index is 11.1. The van der Waals surface area contributed by atoms with E-state index >= 15 is 0 Å². The molecule has 4 aromatic rings. The third-order valence-electron chi connectivity index (χ3n) is 6.90. The summed E-state index contributed by atoms with van der Waals surface area (Å²) in [4.78, 5) is 20.7. The molecule has 9 heteroatoms. The molecule has 0 atom stereocenters. The number of rotatable bonds is 11. The maximum Gasteiger partial charge on any atom is 0.407 e. The number of carbonyl (C=O) groups is 1. The number of hydrogen-bond donors (Lipinski definition) is 2. The minimum Gasteiger partial charge on any atom is -0.465 e. The molecule has 1 fully saturated rings. The number of hydrogen-bond acceptors (Lipinski definition) is 6. The summed E-state index contributed by atoms with van der Waals surface area (Å²) in [6, 6.07) is 18.9. The van der Waals surface area contributed by atoms with Crippen molar-refractivity contribution in [2.24, 2.45) is 0 Å². The van der Waals surface area contributed by atoms with Crippen LogP contribution in [-0.4, -0.2) is 69.3 Å². The Hall–Kier alpha value is -3.72. The first-order chi connectivity index (χ1) is 18.7. The van der Waals surface area contributed by atoms with E-state index in [2.05, 4.69) is 68.8 Å². The minimum atomic E-state index is -0.828. The molecule has 1 amide bonds. The van der Waals surface area contributed by atoms with Gasteiger partial charge in [-0.05, 0) is 73.2 Å². The molecule has 198 valence electrons. The number of thioether (sulfide) groups is 1. The molecule has 0 radical (unpaired) electrons. The van der Waals surface area contributed by atoms with Crippen molar-refractivity contribution in [2.75, 3.05) is 48.7 Å². The Balaban J connectivity index is 0.981. The van der Waals surface area contributed by atoms with Crippen molar-refractivity contribution in [3.8, 4) is 5.69 Å². The Morgan fingerprint density at radius 3 is 2.47 bits per heavy atom. The lowest BCUT2D eigenvalue weighted by Gasteiger charge is -2.34. The SMILES string of the molecule is O=C(O)N1CCN(c2ccc(NCCCCCCSc3ccnc4cc(-n5cccn5)ccc34)cc2)CC1. The van der Waals surface area contributed by atoms with Crippen LogP contribution in [0.2, 0.25) is 0 Å². The number of nitrogens with one attached hydrogen (secondary N) is 1. The van der Waals surface area contributed by atoms with Crippen LogP contribution in [0.3, 0.4) is 0 Å². The summed E-state index contributed by atoms with van der Waals surface area (Å²) >= 11 is 1.91. The summed E-state index contributed by atoms with van der Waals surface area (Å²) < 4.78 is 1.86. The van der Waals surface area contributed by atoms with Gasteiger partial charge in [0.1, 0.15) is 0 Å². The number of pyridine rings is 1. The smallest absolute Gasteiger partial charge is 0.407 e. The van der Waals surface area contributed by atoms with Gasteiger partial charge < -0.3 is 20.2 Å². The summed E-state index contributed by atoms with van der Waals surface area (Å²) in [6.07, 6.45) is 9.59. The molecule has 1 aliphatic rings. The fraction of sp³-hybridized carbons (Fsp3) is 0.345. The van der Waals surface area contributed by atoms with Crippen LogP contribution in [0, 0.1) is 0 Å². The average Bonchev–Trinajstić information content (AvgIpc) is 3.50. The number of amides is 1. The van der Waals surface area contributed by atoms with Crippen molar-refractivity contribution >= 4 is 40.1 Å². The van der Waals surface area contributed by atoms with Gasteiger partial charge >= 0.3 is 6.09 Å². The zero-order valence-electron chi connectivity index (χ0n) is 21.5. The zero-order chi connectivity index (χ0) is 26.2.